The average Bonchev–Trinajstić information content (AvgIpc) is 2.93. The number of hydrogen-bond donors (Lipinski definition) is 1. The third kappa shape index (κ3) is 1.48. The molecular formula is C14H16FN3. The van der Waals surface area contributed by atoms with E-state index in [1.54, 1.807) is 6.07 Å². The molecule has 2 aliphatic rings. The number of fused-ring (bicyclic) bond motifs is 1. The number of halogens is 1. The first-order valence-electron chi connectivity index (χ1n) is 6.71. The lowest BCUT2D eigenvalue weighted by Crippen LogP contribution is -2.12. The van der Waals surface area contributed by atoms with Crippen molar-refractivity contribution in [3.8, 4) is 0 Å². The molecule has 0 bridgehead atoms. The lowest BCUT2D eigenvalue weighted by Gasteiger charge is -2.12. The third-order valence-corrected chi connectivity index (χ3v) is 4.04. The van der Waals surface area contributed by atoms with Crippen LogP contribution in [0.4, 0.5) is 4.39 Å². The summed E-state index contributed by atoms with van der Waals surface area (Å²) in [6, 6.07) is 5.83. The van der Waals surface area contributed by atoms with Crippen LogP contribution in [0.1, 0.15) is 37.0 Å². The van der Waals surface area contributed by atoms with Crippen LogP contribution in [0.3, 0.4) is 0 Å². The molecule has 2 heterocycles. The maximum Gasteiger partial charge on any atom is 0.151 e. The topological polar surface area (TPSA) is 29.9 Å². The van der Waals surface area contributed by atoms with Crippen LogP contribution < -0.4 is 5.32 Å². The van der Waals surface area contributed by atoms with E-state index in [1.807, 2.05) is 6.07 Å². The first kappa shape index (κ1) is 10.5. The second-order valence-corrected chi connectivity index (χ2v) is 5.37. The van der Waals surface area contributed by atoms with Gasteiger partial charge in [0.05, 0.1) is 5.52 Å². The largest absolute Gasteiger partial charge is 0.324 e. The highest BCUT2D eigenvalue weighted by atomic mass is 19.1. The Labute approximate surface area is 105 Å². The first-order valence-corrected chi connectivity index (χ1v) is 6.71. The molecule has 2 aromatic rings. The van der Waals surface area contributed by atoms with Crippen molar-refractivity contribution in [1.82, 2.24) is 14.9 Å². The molecule has 1 saturated heterocycles. The van der Waals surface area contributed by atoms with Gasteiger partial charge in [0.2, 0.25) is 0 Å². The normalized spacial score (nSPS) is 23.9. The average molecular weight is 245 g/mol. The number of nitrogens with zero attached hydrogens (tertiary/aromatic N) is 2. The fourth-order valence-electron chi connectivity index (χ4n) is 2.98. The van der Waals surface area contributed by atoms with Crippen molar-refractivity contribution in [3.63, 3.8) is 0 Å². The van der Waals surface area contributed by atoms with E-state index in [4.69, 9.17) is 0 Å². The summed E-state index contributed by atoms with van der Waals surface area (Å²) in [6.45, 7) is 2.01. The van der Waals surface area contributed by atoms with Crippen molar-refractivity contribution in [2.75, 3.05) is 13.1 Å². The van der Waals surface area contributed by atoms with E-state index in [9.17, 15) is 4.39 Å². The van der Waals surface area contributed by atoms with Crippen LogP contribution in [0.15, 0.2) is 18.2 Å². The fraction of sp³-hybridized carbons (Fsp3) is 0.500. The SMILES string of the molecule is Fc1cccc2c1nc(C1CCNC1)n2C1CC1. The summed E-state index contributed by atoms with van der Waals surface area (Å²) in [4.78, 5) is 4.60. The molecule has 1 aliphatic carbocycles. The molecule has 1 aromatic carbocycles. The lowest BCUT2D eigenvalue weighted by molar-refractivity contribution is 0.620. The number of benzene rings is 1. The number of nitrogens with one attached hydrogen (secondary N) is 1. The third-order valence-electron chi connectivity index (χ3n) is 4.04. The number of rotatable bonds is 2. The molecule has 0 radical (unpaired) electrons. The van der Waals surface area contributed by atoms with E-state index in [1.165, 1.54) is 18.9 Å². The van der Waals surface area contributed by atoms with E-state index in [-0.39, 0.29) is 5.82 Å². The van der Waals surface area contributed by atoms with Crippen LogP contribution in [0.2, 0.25) is 0 Å². The van der Waals surface area contributed by atoms with Gasteiger partial charge >= 0.3 is 0 Å². The van der Waals surface area contributed by atoms with Crippen molar-refractivity contribution in [2.24, 2.45) is 0 Å². The maximum absolute atomic E-state index is 13.9. The van der Waals surface area contributed by atoms with Gasteiger partial charge in [0, 0.05) is 18.5 Å². The molecule has 1 N–H and O–H groups in total. The van der Waals surface area contributed by atoms with E-state index in [2.05, 4.69) is 14.9 Å². The number of aromatic nitrogens is 2. The first-order chi connectivity index (χ1) is 8.84. The van der Waals surface area contributed by atoms with Gasteiger partial charge in [-0.25, -0.2) is 9.37 Å². The van der Waals surface area contributed by atoms with E-state index >= 15 is 0 Å². The summed E-state index contributed by atoms with van der Waals surface area (Å²) in [5.74, 6) is 1.33. The Hall–Kier alpha value is -1.42. The zero-order valence-corrected chi connectivity index (χ0v) is 10.2. The molecule has 0 spiro atoms. The van der Waals surface area contributed by atoms with Gasteiger partial charge in [-0.3, -0.25) is 0 Å². The fourth-order valence-corrected chi connectivity index (χ4v) is 2.98. The van der Waals surface area contributed by atoms with Crippen LogP contribution in [-0.2, 0) is 0 Å². The summed E-state index contributed by atoms with van der Waals surface area (Å²) in [7, 11) is 0. The monoisotopic (exact) mass is 245 g/mol. The molecule has 1 aliphatic heterocycles. The molecule has 2 fully saturated rings. The number of imidazole rings is 1. The molecular weight excluding hydrogens is 229 g/mol. The highest BCUT2D eigenvalue weighted by Gasteiger charge is 2.32. The quantitative estimate of drug-likeness (QED) is 0.881. The predicted molar refractivity (Wildman–Crippen MR) is 68.2 cm³/mol. The summed E-state index contributed by atoms with van der Waals surface area (Å²) < 4.78 is 16.1. The molecule has 3 nitrogen and oxygen atoms in total. The Morgan fingerprint density at radius 2 is 2.17 bits per heavy atom. The van der Waals surface area contributed by atoms with Gasteiger partial charge < -0.3 is 9.88 Å². The Bertz CT molecular complexity index is 594. The van der Waals surface area contributed by atoms with Crippen molar-refractivity contribution in [2.45, 2.75) is 31.2 Å². The van der Waals surface area contributed by atoms with Gasteiger partial charge in [-0.15, -0.1) is 0 Å². The molecule has 4 heteroatoms. The van der Waals surface area contributed by atoms with Crippen LogP contribution in [0, 0.1) is 5.82 Å². The molecule has 94 valence electrons. The highest BCUT2D eigenvalue weighted by Crippen LogP contribution is 2.41. The second kappa shape index (κ2) is 3.79. The lowest BCUT2D eigenvalue weighted by atomic mass is 10.1. The molecule has 0 amide bonds. The minimum Gasteiger partial charge on any atom is -0.324 e. The van der Waals surface area contributed by atoms with Gasteiger partial charge in [-0.05, 0) is 37.9 Å². The van der Waals surface area contributed by atoms with Crippen molar-refractivity contribution in [3.05, 3.63) is 29.8 Å². The molecule has 18 heavy (non-hydrogen) atoms. The molecule has 1 unspecified atom stereocenters. The van der Waals surface area contributed by atoms with Crippen LogP contribution in [0.5, 0.6) is 0 Å². The van der Waals surface area contributed by atoms with E-state index < -0.39 is 0 Å². The summed E-state index contributed by atoms with van der Waals surface area (Å²) >= 11 is 0. The highest BCUT2D eigenvalue weighted by molar-refractivity contribution is 5.77. The van der Waals surface area contributed by atoms with Gasteiger partial charge in [0.25, 0.3) is 0 Å². The zero-order chi connectivity index (χ0) is 12.1. The molecule has 4 rings (SSSR count). The Morgan fingerprint density at radius 1 is 1.28 bits per heavy atom. The molecule has 1 aromatic heterocycles. The smallest absolute Gasteiger partial charge is 0.151 e. The van der Waals surface area contributed by atoms with Crippen molar-refractivity contribution < 1.29 is 4.39 Å². The van der Waals surface area contributed by atoms with Crippen LogP contribution in [-0.4, -0.2) is 22.6 Å². The second-order valence-electron chi connectivity index (χ2n) is 5.37. The maximum atomic E-state index is 13.9. The summed E-state index contributed by atoms with van der Waals surface area (Å²) in [5.41, 5.74) is 1.52. The van der Waals surface area contributed by atoms with Gasteiger partial charge in [0.1, 0.15) is 11.3 Å². The number of hydrogen-bond acceptors (Lipinski definition) is 2. The van der Waals surface area contributed by atoms with Gasteiger partial charge in [-0.2, -0.15) is 0 Å². The van der Waals surface area contributed by atoms with Crippen molar-refractivity contribution >= 4 is 11.0 Å². The van der Waals surface area contributed by atoms with Gasteiger partial charge in [0.15, 0.2) is 5.82 Å². The Morgan fingerprint density at radius 3 is 2.89 bits per heavy atom. The Kier molecular flexibility index (Phi) is 2.21. The number of para-hydroxylation sites is 1. The van der Waals surface area contributed by atoms with Crippen molar-refractivity contribution in [1.29, 1.82) is 0 Å². The summed E-state index contributed by atoms with van der Waals surface area (Å²) in [5, 5.41) is 3.37. The standard InChI is InChI=1S/C14H16FN3/c15-11-2-1-3-12-13(11)17-14(9-6-7-16-8-9)18(12)10-4-5-10/h1-3,9-10,16H,4-8H2. The minimum absolute atomic E-state index is 0.195. The van der Waals surface area contributed by atoms with Gasteiger partial charge in [-0.1, -0.05) is 6.07 Å². The van der Waals surface area contributed by atoms with Crippen LogP contribution >= 0.6 is 0 Å². The molecule has 1 atom stereocenters. The van der Waals surface area contributed by atoms with E-state index in [0.29, 0.717) is 17.5 Å². The van der Waals surface area contributed by atoms with Crippen LogP contribution in [0.25, 0.3) is 11.0 Å². The predicted octanol–water partition coefficient (Wildman–Crippen LogP) is 2.59. The minimum atomic E-state index is -0.195. The molecule has 1 saturated carbocycles. The van der Waals surface area contributed by atoms with E-state index in [0.717, 1.165) is 30.9 Å². The summed E-state index contributed by atoms with van der Waals surface area (Å²) in [6.07, 6.45) is 3.52. The Balaban J connectivity index is 1.94. The zero-order valence-electron chi connectivity index (χ0n) is 10.2.